The Hall–Kier alpha value is -4.98. The topological polar surface area (TPSA) is 74.8 Å². The van der Waals surface area contributed by atoms with Gasteiger partial charge < -0.3 is 0 Å². The molecule has 0 spiro atoms. The molecule has 4 amide bonds. The van der Waals surface area contributed by atoms with Crippen molar-refractivity contribution in [3.63, 3.8) is 0 Å². The fourth-order valence-corrected chi connectivity index (χ4v) is 6.76. The first-order valence-electron chi connectivity index (χ1n) is 12.8. The molecule has 40 heavy (non-hydrogen) atoms. The number of halogens is 2. The number of carbonyl (C=O) groups is 4. The number of hydrogen-bond donors (Lipinski definition) is 0. The molecule has 0 radical (unpaired) electrons. The van der Waals surface area contributed by atoms with Crippen molar-refractivity contribution in [3.8, 4) is 0 Å². The van der Waals surface area contributed by atoms with E-state index in [9.17, 15) is 28.0 Å². The molecule has 0 aromatic heterocycles. The highest BCUT2D eigenvalue weighted by Gasteiger charge is 2.72. The summed E-state index contributed by atoms with van der Waals surface area (Å²) in [6.07, 6.45) is 0. The number of benzene rings is 4. The van der Waals surface area contributed by atoms with Crippen LogP contribution in [-0.4, -0.2) is 23.6 Å². The van der Waals surface area contributed by atoms with E-state index in [1.54, 1.807) is 54.6 Å². The van der Waals surface area contributed by atoms with Gasteiger partial charge in [-0.05, 0) is 65.2 Å². The Balaban J connectivity index is 1.51. The van der Waals surface area contributed by atoms with Crippen LogP contribution < -0.4 is 9.80 Å². The monoisotopic (exact) mass is 534 g/mol. The molecule has 7 rings (SSSR count). The van der Waals surface area contributed by atoms with Crippen molar-refractivity contribution in [1.29, 1.82) is 0 Å². The largest absolute Gasteiger partial charge is 0.274 e. The smallest absolute Gasteiger partial charge is 0.249 e. The predicted octanol–water partition coefficient (Wildman–Crippen LogP) is 4.73. The Labute approximate surface area is 227 Å². The lowest BCUT2D eigenvalue weighted by Crippen LogP contribution is -2.50. The van der Waals surface area contributed by atoms with Crippen LogP contribution in [0.3, 0.4) is 0 Å². The van der Waals surface area contributed by atoms with Crippen LogP contribution in [-0.2, 0) is 24.6 Å². The highest BCUT2D eigenvalue weighted by Crippen LogP contribution is 2.60. The van der Waals surface area contributed by atoms with Crippen LogP contribution in [0.25, 0.3) is 0 Å². The molecular weight excluding hydrogens is 514 g/mol. The Morgan fingerprint density at radius 3 is 1.75 bits per heavy atom. The summed E-state index contributed by atoms with van der Waals surface area (Å²) in [6, 6.07) is 25.7. The maximum absolute atomic E-state index is 14.6. The van der Waals surface area contributed by atoms with E-state index in [1.807, 2.05) is 0 Å². The maximum atomic E-state index is 14.6. The quantitative estimate of drug-likeness (QED) is 0.357. The third-order valence-corrected chi connectivity index (χ3v) is 8.32. The van der Waals surface area contributed by atoms with Crippen molar-refractivity contribution in [2.45, 2.75) is 11.3 Å². The second kappa shape index (κ2) is 8.51. The summed E-state index contributed by atoms with van der Waals surface area (Å²) in [5.41, 5.74) is 0.201. The van der Waals surface area contributed by atoms with Gasteiger partial charge in [-0.1, -0.05) is 54.6 Å². The first-order chi connectivity index (χ1) is 19.4. The SMILES string of the molecule is O=C1[C@H]2[C@@H](C(=O)N1c1ccc(F)cc1)c1ccccc1[C@@]1(c3ccccc3)C(=O)N(c3ccc(F)cc3)C(=O)[C@@H]21. The number of nitrogens with zero attached hydrogens (tertiary/aromatic N) is 2. The normalized spacial score (nSPS) is 25.2. The molecule has 0 bridgehead atoms. The van der Waals surface area contributed by atoms with Crippen molar-refractivity contribution in [1.82, 2.24) is 0 Å². The van der Waals surface area contributed by atoms with Crippen molar-refractivity contribution in [2.75, 3.05) is 9.80 Å². The second-order valence-corrected chi connectivity index (χ2v) is 10.2. The summed E-state index contributed by atoms with van der Waals surface area (Å²) < 4.78 is 27.5. The van der Waals surface area contributed by atoms with Crippen molar-refractivity contribution >= 4 is 35.0 Å². The van der Waals surface area contributed by atoms with Crippen LogP contribution in [0, 0.1) is 23.5 Å². The second-order valence-electron chi connectivity index (χ2n) is 10.2. The molecule has 4 aromatic carbocycles. The minimum atomic E-state index is -1.61. The van der Waals surface area contributed by atoms with Gasteiger partial charge in [-0.25, -0.2) is 18.6 Å². The molecule has 8 heteroatoms. The average molecular weight is 535 g/mol. The Morgan fingerprint density at radius 1 is 0.575 bits per heavy atom. The highest BCUT2D eigenvalue weighted by molar-refractivity contribution is 6.32. The molecule has 4 aromatic rings. The molecule has 0 N–H and O–H groups in total. The first-order valence-corrected chi connectivity index (χ1v) is 12.8. The number of anilines is 2. The molecule has 2 aliphatic heterocycles. The fourth-order valence-electron chi connectivity index (χ4n) is 6.76. The minimum Gasteiger partial charge on any atom is -0.274 e. The zero-order valence-electron chi connectivity index (χ0n) is 20.8. The number of amides is 4. The summed E-state index contributed by atoms with van der Waals surface area (Å²) in [7, 11) is 0. The molecule has 196 valence electrons. The van der Waals surface area contributed by atoms with E-state index in [1.165, 1.54) is 24.3 Å². The summed E-state index contributed by atoms with van der Waals surface area (Å²) in [4.78, 5) is 59.2. The summed E-state index contributed by atoms with van der Waals surface area (Å²) in [5, 5.41) is 0. The highest BCUT2D eigenvalue weighted by atomic mass is 19.1. The summed E-state index contributed by atoms with van der Waals surface area (Å²) in [5.74, 6) is -6.95. The lowest BCUT2D eigenvalue weighted by atomic mass is 9.55. The van der Waals surface area contributed by atoms with E-state index >= 15 is 0 Å². The van der Waals surface area contributed by atoms with Gasteiger partial charge >= 0.3 is 0 Å². The Bertz CT molecular complexity index is 1720. The fraction of sp³-hybridized carbons (Fsp3) is 0.125. The molecular formula is C32H20F2N2O4. The van der Waals surface area contributed by atoms with Crippen LogP contribution in [0.4, 0.5) is 20.2 Å². The number of carbonyl (C=O) groups excluding carboxylic acids is 4. The van der Waals surface area contributed by atoms with E-state index in [0.717, 1.165) is 34.1 Å². The van der Waals surface area contributed by atoms with Crippen LogP contribution in [0.15, 0.2) is 103 Å². The van der Waals surface area contributed by atoms with Crippen molar-refractivity contribution in [2.24, 2.45) is 11.8 Å². The average Bonchev–Trinajstić information content (AvgIpc) is 3.37. The van der Waals surface area contributed by atoms with Crippen molar-refractivity contribution < 1.29 is 28.0 Å². The van der Waals surface area contributed by atoms with Gasteiger partial charge in [0.05, 0.1) is 29.1 Å². The standard InChI is InChI=1S/C32H20F2N2O4/c33-19-10-14-21(15-11-19)35-28(37)25-23-8-4-5-9-24(23)32(18-6-2-1-3-7-18)27(26(25)29(35)38)30(39)36(31(32)40)22-16-12-20(34)13-17-22/h1-17,25-27H/t25-,26-,27+,32+/m0/s1. The molecule has 0 saturated carbocycles. The molecule has 2 fully saturated rings. The molecule has 6 nitrogen and oxygen atoms in total. The van der Waals surface area contributed by atoms with Gasteiger partial charge in [-0.15, -0.1) is 0 Å². The van der Waals surface area contributed by atoms with Gasteiger partial charge in [0, 0.05) is 0 Å². The maximum Gasteiger partial charge on any atom is 0.249 e. The lowest BCUT2D eigenvalue weighted by molar-refractivity contribution is -0.131. The minimum absolute atomic E-state index is 0.169. The van der Waals surface area contributed by atoms with Crippen LogP contribution in [0.2, 0.25) is 0 Å². The molecule has 0 unspecified atom stereocenters. The van der Waals surface area contributed by atoms with Gasteiger partial charge in [0.25, 0.3) is 0 Å². The summed E-state index contributed by atoms with van der Waals surface area (Å²) in [6.45, 7) is 0. The number of rotatable bonds is 3. The van der Waals surface area contributed by atoms with E-state index < -0.39 is 58.4 Å². The molecule has 2 heterocycles. The van der Waals surface area contributed by atoms with Crippen molar-refractivity contribution in [3.05, 3.63) is 131 Å². The molecule has 3 aliphatic rings. The van der Waals surface area contributed by atoms with E-state index in [2.05, 4.69) is 0 Å². The third kappa shape index (κ3) is 3.01. The van der Waals surface area contributed by atoms with Gasteiger partial charge in [0.2, 0.25) is 23.6 Å². The Kier molecular flexibility index (Phi) is 5.12. The van der Waals surface area contributed by atoms with E-state index in [0.29, 0.717) is 16.7 Å². The Morgan fingerprint density at radius 2 is 1.12 bits per heavy atom. The van der Waals surface area contributed by atoms with Gasteiger partial charge in [-0.3, -0.25) is 19.2 Å². The van der Waals surface area contributed by atoms with E-state index in [4.69, 9.17) is 0 Å². The number of fused-ring (bicyclic) bond motifs is 6. The van der Waals surface area contributed by atoms with Crippen LogP contribution >= 0.6 is 0 Å². The molecule has 4 atom stereocenters. The lowest BCUT2D eigenvalue weighted by Gasteiger charge is -2.42. The number of hydrogen-bond acceptors (Lipinski definition) is 4. The van der Waals surface area contributed by atoms with Gasteiger partial charge in [-0.2, -0.15) is 0 Å². The molecule has 1 aliphatic carbocycles. The first kappa shape index (κ1) is 24.1. The van der Waals surface area contributed by atoms with Gasteiger partial charge in [0.1, 0.15) is 17.0 Å². The predicted molar refractivity (Wildman–Crippen MR) is 141 cm³/mol. The van der Waals surface area contributed by atoms with Crippen LogP contribution in [0.5, 0.6) is 0 Å². The number of imide groups is 2. The third-order valence-electron chi connectivity index (χ3n) is 8.32. The zero-order chi connectivity index (χ0) is 27.8. The zero-order valence-corrected chi connectivity index (χ0v) is 20.8. The molecule has 2 saturated heterocycles. The summed E-state index contributed by atoms with van der Waals surface area (Å²) >= 11 is 0. The van der Waals surface area contributed by atoms with Gasteiger partial charge in [0.15, 0.2) is 0 Å². The van der Waals surface area contributed by atoms with E-state index in [-0.39, 0.29) is 11.4 Å². The van der Waals surface area contributed by atoms with Crippen LogP contribution in [0.1, 0.15) is 22.6 Å².